The fourth-order valence-corrected chi connectivity index (χ4v) is 3.05. The van der Waals surface area contributed by atoms with E-state index in [1.54, 1.807) is 0 Å². The predicted molar refractivity (Wildman–Crippen MR) is 81.6 cm³/mol. The van der Waals surface area contributed by atoms with Crippen LogP contribution in [0.15, 0.2) is 41.6 Å². The number of aryl methyl sites for hydroxylation is 2. The van der Waals surface area contributed by atoms with Crippen molar-refractivity contribution in [1.29, 1.82) is 0 Å². The van der Waals surface area contributed by atoms with Gasteiger partial charge in [-0.2, -0.15) is 5.10 Å². The van der Waals surface area contributed by atoms with Gasteiger partial charge >= 0.3 is 0 Å². The van der Waals surface area contributed by atoms with Crippen LogP contribution in [-0.2, 0) is 13.5 Å². The van der Waals surface area contributed by atoms with E-state index in [0.717, 1.165) is 12.2 Å². The minimum Gasteiger partial charge on any atom is -0.312 e. The lowest BCUT2D eigenvalue weighted by molar-refractivity contribution is 0.661. The molecule has 4 heteroatoms. The van der Waals surface area contributed by atoms with Gasteiger partial charge in [-0.15, -0.1) is 11.8 Å². The van der Waals surface area contributed by atoms with Crippen molar-refractivity contribution in [2.45, 2.75) is 24.3 Å². The molecular weight excluding hydrogens is 254 g/mol. The molecule has 0 radical (unpaired) electrons. The van der Waals surface area contributed by atoms with Crippen molar-refractivity contribution < 1.29 is 0 Å². The van der Waals surface area contributed by atoms with E-state index in [9.17, 15) is 0 Å². The zero-order valence-electron chi connectivity index (χ0n) is 11.8. The molecule has 0 spiro atoms. The van der Waals surface area contributed by atoms with Gasteiger partial charge < -0.3 is 5.32 Å². The molecule has 0 amide bonds. The highest BCUT2D eigenvalue weighted by atomic mass is 32.2. The van der Waals surface area contributed by atoms with E-state index in [0.29, 0.717) is 6.04 Å². The lowest BCUT2D eigenvalue weighted by Crippen LogP contribution is -2.18. The fraction of sp³-hybridized carbons (Fsp3) is 0.400. The number of nitrogens with zero attached hydrogens (tertiary/aromatic N) is 2. The van der Waals surface area contributed by atoms with Crippen LogP contribution in [0.4, 0.5) is 0 Å². The predicted octanol–water partition coefficient (Wildman–Crippen LogP) is 3.04. The zero-order valence-corrected chi connectivity index (χ0v) is 12.6. The Balaban J connectivity index is 1.98. The maximum Gasteiger partial charge on any atom is 0.0625 e. The molecule has 1 aromatic heterocycles. The van der Waals surface area contributed by atoms with Crippen molar-refractivity contribution in [1.82, 2.24) is 15.1 Å². The molecule has 0 bridgehead atoms. The molecule has 1 heterocycles. The number of rotatable bonds is 6. The molecule has 2 rings (SSSR count). The molecule has 0 saturated heterocycles. The molecule has 0 fully saturated rings. The molecule has 2 aromatic rings. The molecule has 0 saturated carbocycles. The van der Waals surface area contributed by atoms with Crippen LogP contribution in [0.2, 0.25) is 0 Å². The van der Waals surface area contributed by atoms with Gasteiger partial charge in [0, 0.05) is 29.9 Å². The first-order valence-corrected chi connectivity index (χ1v) is 7.59. The van der Waals surface area contributed by atoms with Crippen LogP contribution >= 0.6 is 11.8 Å². The first-order valence-electron chi connectivity index (χ1n) is 6.60. The maximum atomic E-state index is 4.19. The van der Waals surface area contributed by atoms with Crippen LogP contribution in [0.5, 0.6) is 0 Å². The Labute approximate surface area is 119 Å². The standard InChI is InChI=1S/C15H21N3S/c1-4-12-5-7-13(8-6-12)15(16-2)11-19-14-9-17-18(3)10-14/h5-10,15-16H,4,11H2,1-3H3. The average Bonchev–Trinajstić information content (AvgIpc) is 2.86. The number of nitrogens with one attached hydrogen (secondary N) is 1. The highest BCUT2D eigenvalue weighted by molar-refractivity contribution is 7.99. The van der Waals surface area contributed by atoms with Crippen molar-refractivity contribution >= 4 is 11.8 Å². The Morgan fingerprint density at radius 1 is 1.32 bits per heavy atom. The van der Waals surface area contributed by atoms with Crippen LogP contribution in [0.1, 0.15) is 24.1 Å². The molecule has 1 unspecified atom stereocenters. The van der Waals surface area contributed by atoms with Crippen molar-refractivity contribution in [2.24, 2.45) is 7.05 Å². The van der Waals surface area contributed by atoms with E-state index in [2.05, 4.69) is 47.8 Å². The quantitative estimate of drug-likeness (QED) is 0.822. The summed E-state index contributed by atoms with van der Waals surface area (Å²) in [7, 11) is 3.96. The first kappa shape index (κ1) is 14.2. The van der Waals surface area contributed by atoms with Crippen molar-refractivity contribution in [2.75, 3.05) is 12.8 Å². The van der Waals surface area contributed by atoms with Gasteiger partial charge in [-0.1, -0.05) is 31.2 Å². The second kappa shape index (κ2) is 6.78. The summed E-state index contributed by atoms with van der Waals surface area (Å²) in [6.07, 6.45) is 5.06. The molecule has 0 aliphatic heterocycles. The zero-order chi connectivity index (χ0) is 13.7. The molecule has 1 atom stereocenters. The van der Waals surface area contributed by atoms with Crippen LogP contribution in [-0.4, -0.2) is 22.6 Å². The van der Waals surface area contributed by atoms with Gasteiger partial charge in [-0.25, -0.2) is 0 Å². The average molecular weight is 275 g/mol. The second-order valence-corrected chi connectivity index (χ2v) is 5.69. The summed E-state index contributed by atoms with van der Waals surface area (Å²) in [5.41, 5.74) is 2.73. The normalized spacial score (nSPS) is 12.6. The van der Waals surface area contributed by atoms with Gasteiger partial charge in [-0.05, 0) is 24.6 Å². The fourth-order valence-electron chi connectivity index (χ4n) is 1.98. The van der Waals surface area contributed by atoms with E-state index in [-0.39, 0.29) is 0 Å². The minimum absolute atomic E-state index is 0.371. The minimum atomic E-state index is 0.371. The molecule has 3 nitrogen and oxygen atoms in total. The van der Waals surface area contributed by atoms with E-state index in [1.165, 1.54) is 16.0 Å². The van der Waals surface area contributed by atoms with E-state index >= 15 is 0 Å². The summed E-state index contributed by atoms with van der Waals surface area (Å²) < 4.78 is 1.84. The third-order valence-electron chi connectivity index (χ3n) is 3.24. The molecule has 102 valence electrons. The number of benzene rings is 1. The molecule has 0 aliphatic rings. The molecule has 0 aliphatic carbocycles. The van der Waals surface area contributed by atoms with Crippen molar-refractivity contribution in [3.8, 4) is 0 Å². The van der Waals surface area contributed by atoms with Gasteiger partial charge in [0.1, 0.15) is 0 Å². The number of hydrogen-bond donors (Lipinski definition) is 1. The molecular formula is C15H21N3S. The van der Waals surface area contributed by atoms with Crippen molar-refractivity contribution in [3.05, 3.63) is 47.8 Å². The monoisotopic (exact) mass is 275 g/mol. The Morgan fingerprint density at radius 2 is 2.05 bits per heavy atom. The molecule has 1 N–H and O–H groups in total. The highest BCUT2D eigenvalue weighted by Crippen LogP contribution is 2.24. The smallest absolute Gasteiger partial charge is 0.0625 e. The Morgan fingerprint density at radius 3 is 2.58 bits per heavy atom. The van der Waals surface area contributed by atoms with Gasteiger partial charge in [0.25, 0.3) is 0 Å². The van der Waals surface area contributed by atoms with Crippen molar-refractivity contribution in [3.63, 3.8) is 0 Å². The summed E-state index contributed by atoms with van der Waals surface area (Å²) in [6, 6.07) is 9.26. The van der Waals surface area contributed by atoms with Gasteiger partial charge in [0.15, 0.2) is 0 Å². The summed E-state index contributed by atoms with van der Waals surface area (Å²) in [5, 5.41) is 7.58. The van der Waals surface area contributed by atoms with Crippen LogP contribution in [0.3, 0.4) is 0 Å². The third kappa shape index (κ3) is 3.85. The van der Waals surface area contributed by atoms with E-state index < -0.39 is 0 Å². The number of aromatic nitrogens is 2. The largest absolute Gasteiger partial charge is 0.312 e. The van der Waals surface area contributed by atoms with Gasteiger partial charge in [0.2, 0.25) is 0 Å². The summed E-state index contributed by atoms with van der Waals surface area (Å²) in [5.74, 6) is 1.01. The third-order valence-corrected chi connectivity index (χ3v) is 4.28. The summed E-state index contributed by atoms with van der Waals surface area (Å²) in [6.45, 7) is 2.18. The number of hydrogen-bond acceptors (Lipinski definition) is 3. The second-order valence-electron chi connectivity index (χ2n) is 4.60. The molecule has 1 aromatic carbocycles. The highest BCUT2D eigenvalue weighted by Gasteiger charge is 2.10. The number of thioether (sulfide) groups is 1. The van der Waals surface area contributed by atoms with E-state index in [1.807, 2.05) is 36.7 Å². The van der Waals surface area contributed by atoms with Crippen LogP contribution < -0.4 is 5.32 Å². The summed E-state index contributed by atoms with van der Waals surface area (Å²) >= 11 is 1.83. The van der Waals surface area contributed by atoms with Gasteiger partial charge in [-0.3, -0.25) is 4.68 Å². The lowest BCUT2D eigenvalue weighted by Gasteiger charge is -2.16. The van der Waals surface area contributed by atoms with Crippen LogP contribution in [0.25, 0.3) is 0 Å². The Bertz CT molecular complexity index is 504. The van der Waals surface area contributed by atoms with Crippen LogP contribution in [0, 0.1) is 0 Å². The Kier molecular flexibility index (Phi) is 5.05. The lowest BCUT2D eigenvalue weighted by atomic mass is 10.1. The van der Waals surface area contributed by atoms with Gasteiger partial charge in [0.05, 0.1) is 6.20 Å². The first-order chi connectivity index (χ1) is 9.22. The topological polar surface area (TPSA) is 29.9 Å². The molecule has 19 heavy (non-hydrogen) atoms. The maximum absolute atomic E-state index is 4.19. The SMILES string of the molecule is CCc1ccc(C(CSc2cnn(C)c2)NC)cc1. The Hall–Kier alpha value is -1.26. The van der Waals surface area contributed by atoms with E-state index in [4.69, 9.17) is 0 Å². The summed E-state index contributed by atoms with van der Waals surface area (Å²) in [4.78, 5) is 1.22.